The number of carbonyl (C=O) groups is 3. The summed E-state index contributed by atoms with van der Waals surface area (Å²) < 4.78 is 33.0. The lowest BCUT2D eigenvalue weighted by molar-refractivity contribution is -0.136. The molecule has 13 heteroatoms. The molecule has 5 rings (SSSR count). The predicted molar refractivity (Wildman–Crippen MR) is 201 cm³/mol. The molecule has 3 aromatic carbocycles. The molecule has 2 amide bonds. The number of sulfonamides is 1. The van der Waals surface area contributed by atoms with Gasteiger partial charge in [-0.1, -0.05) is 103 Å². The van der Waals surface area contributed by atoms with E-state index in [1.54, 1.807) is 89.9 Å². The molecular weight excluding hydrogens is 725 g/mol. The van der Waals surface area contributed by atoms with Crippen molar-refractivity contribution in [1.29, 1.82) is 0 Å². The number of nitrogens with one attached hydrogen (secondary N) is 2. The number of halogens is 2. The minimum atomic E-state index is -3.62. The van der Waals surface area contributed by atoms with Crippen LogP contribution in [0.5, 0.6) is 0 Å². The number of ether oxygens (including phenoxy) is 1. The number of hydrogen-bond acceptors (Lipinski definition) is 7. The Labute approximate surface area is 314 Å². The molecule has 0 spiro atoms. The van der Waals surface area contributed by atoms with Gasteiger partial charge in [0.15, 0.2) is 0 Å². The normalized spacial score (nSPS) is 20.9. The Bertz CT molecular complexity index is 1980. The van der Waals surface area contributed by atoms with Gasteiger partial charge in [0.2, 0.25) is 10.0 Å². The Morgan fingerprint density at radius 2 is 1.67 bits per heavy atom. The Balaban J connectivity index is 1.40. The first-order valence-electron chi connectivity index (χ1n) is 16.8. The first-order chi connectivity index (χ1) is 24.9. The second kappa shape index (κ2) is 17.5. The lowest BCUT2D eigenvalue weighted by atomic mass is 9.76. The number of esters is 1. The quantitative estimate of drug-likeness (QED) is 0.108. The van der Waals surface area contributed by atoms with Crippen LogP contribution in [0.1, 0.15) is 76.4 Å². The first kappa shape index (κ1) is 39.0. The van der Waals surface area contributed by atoms with Gasteiger partial charge in [0.25, 0.3) is 11.8 Å². The Morgan fingerprint density at radius 3 is 2.38 bits per heavy atom. The summed E-state index contributed by atoms with van der Waals surface area (Å²) >= 11 is 13.1. The molecule has 2 N–H and O–H groups in total. The van der Waals surface area contributed by atoms with Crippen molar-refractivity contribution < 1.29 is 32.4 Å². The Hall–Kier alpha value is -4.26. The highest BCUT2D eigenvalue weighted by atomic mass is 35.5. The van der Waals surface area contributed by atoms with Crippen molar-refractivity contribution in [3.05, 3.63) is 141 Å². The molecule has 1 heterocycles. The molecule has 4 atom stereocenters. The zero-order chi connectivity index (χ0) is 37.4. The molecule has 10 nitrogen and oxygen atoms in total. The number of hydrogen-bond donors (Lipinski definition) is 2. The van der Waals surface area contributed by atoms with E-state index in [0.29, 0.717) is 45.7 Å². The molecule has 0 radical (unpaired) electrons. The summed E-state index contributed by atoms with van der Waals surface area (Å²) in [4.78, 5) is 48.4. The van der Waals surface area contributed by atoms with Gasteiger partial charge in [-0.15, -0.1) is 0 Å². The maximum Gasteiger partial charge on any atom is 0.338 e. The van der Waals surface area contributed by atoms with Crippen molar-refractivity contribution in [2.75, 3.05) is 19.5 Å². The Kier molecular flexibility index (Phi) is 13.1. The highest BCUT2D eigenvalue weighted by Crippen LogP contribution is 2.47. The van der Waals surface area contributed by atoms with Gasteiger partial charge in [0.1, 0.15) is 6.61 Å². The van der Waals surface area contributed by atoms with Crippen molar-refractivity contribution in [1.82, 2.24) is 15.1 Å². The number of rotatable bonds is 13. The van der Waals surface area contributed by atoms with Gasteiger partial charge in [-0.3, -0.25) is 14.4 Å². The summed E-state index contributed by atoms with van der Waals surface area (Å²) in [6, 6.07) is 18.4. The number of amides is 2. The topological polar surface area (TPSA) is 131 Å². The van der Waals surface area contributed by atoms with Gasteiger partial charge >= 0.3 is 5.97 Å². The van der Waals surface area contributed by atoms with E-state index in [1.807, 2.05) is 13.0 Å². The summed E-state index contributed by atoms with van der Waals surface area (Å²) in [6.45, 7) is 5.64. The molecule has 0 saturated heterocycles. The fourth-order valence-electron chi connectivity index (χ4n) is 6.69. The largest absolute Gasteiger partial charge is 0.457 e. The smallest absolute Gasteiger partial charge is 0.338 e. The number of nitrogens with zero attached hydrogens (tertiary/aromatic N) is 1. The van der Waals surface area contributed by atoms with E-state index >= 15 is 0 Å². The number of allylic oxidation sites excluding steroid dienone is 2. The molecule has 1 aliphatic heterocycles. The molecule has 0 aromatic heterocycles. The molecule has 1 aliphatic carbocycles. The van der Waals surface area contributed by atoms with Crippen molar-refractivity contribution in [3.63, 3.8) is 0 Å². The molecule has 274 valence electrons. The third-order valence-corrected chi connectivity index (χ3v) is 10.4. The van der Waals surface area contributed by atoms with Crippen molar-refractivity contribution >= 4 is 51.0 Å². The second-order valence-electron chi connectivity index (χ2n) is 12.9. The first-order valence-corrected chi connectivity index (χ1v) is 19.5. The van der Waals surface area contributed by atoms with E-state index in [2.05, 4.69) is 16.8 Å². The lowest BCUT2D eigenvalue weighted by Crippen LogP contribution is -2.59. The lowest BCUT2D eigenvalue weighted by Gasteiger charge is -2.49. The van der Waals surface area contributed by atoms with Crippen LogP contribution in [0, 0.1) is 0 Å². The zero-order valence-corrected chi connectivity index (χ0v) is 31.2. The number of fused-ring (bicyclic) bond motifs is 1. The highest BCUT2D eigenvalue weighted by molar-refractivity contribution is 7.88. The molecule has 1 saturated carbocycles. The standard InChI is InChI=1S/C39H41Cl2N3O7S/c1-4-26(24-50-39(47)27-12-6-5-7-13-27)19-18-25(2)23-51-42-37(45)35-29-14-8-9-15-30(29)38(46)44(36(35)31-21-20-28(40)22-32(31)41)34-17-11-10-16-33(34)43-52(3,48)49/h4-9,12-15,18-22,33-36,43H,1,10-11,16-17,23-24H2,2-3H3,(H,42,45)/b25-18+,26-19+/t33-,34-,35+,36-/m0/s1. The van der Waals surface area contributed by atoms with Gasteiger partial charge in [-0.05, 0) is 72.4 Å². The zero-order valence-electron chi connectivity index (χ0n) is 28.9. The van der Waals surface area contributed by atoms with E-state index in [-0.39, 0.29) is 24.1 Å². The monoisotopic (exact) mass is 765 g/mol. The average Bonchev–Trinajstić information content (AvgIpc) is 3.11. The van der Waals surface area contributed by atoms with Crippen LogP contribution in [0.15, 0.2) is 109 Å². The van der Waals surface area contributed by atoms with Gasteiger partial charge in [-0.25, -0.2) is 23.4 Å². The predicted octanol–water partition coefficient (Wildman–Crippen LogP) is 7.10. The fourth-order valence-corrected chi connectivity index (χ4v) is 8.04. The van der Waals surface area contributed by atoms with Gasteiger partial charge in [0, 0.05) is 27.7 Å². The summed E-state index contributed by atoms with van der Waals surface area (Å²) in [7, 11) is -3.62. The maximum atomic E-state index is 14.4. The summed E-state index contributed by atoms with van der Waals surface area (Å²) in [5.74, 6) is -2.29. The number of carbonyl (C=O) groups excluding carboxylic acids is 3. The summed E-state index contributed by atoms with van der Waals surface area (Å²) in [6.07, 6.45) is 8.78. The maximum absolute atomic E-state index is 14.4. The van der Waals surface area contributed by atoms with Gasteiger partial charge in [-0.2, -0.15) is 0 Å². The SMILES string of the molecule is C=C/C(=C\C=C(/C)CONC(=O)[C@@H]1c2ccccc2C(=O)N([C@H]2CCCC[C@@H]2NS(C)(=O)=O)[C@H]1c1ccc(Cl)cc1Cl)COC(=O)c1ccccc1. The third-order valence-electron chi connectivity index (χ3n) is 9.09. The van der Waals surface area contributed by atoms with E-state index < -0.39 is 45.9 Å². The van der Waals surface area contributed by atoms with Crippen molar-refractivity contribution in [2.45, 2.75) is 56.7 Å². The minimum absolute atomic E-state index is 0.0167. The van der Waals surface area contributed by atoms with Gasteiger partial charge in [0.05, 0.1) is 30.4 Å². The number of benzene rings is 3. The Morgan fingerprint density at radius 1 is 0.962 bits per heavy atom. The molecule has 2 aliphatic rings. The third kappa shape index (κ3) is 9.58. The van der Waals surface area contributed by atoms with E-state index in [0.717, 1.165) is 24.7 Å². The van der Waals surface area contributed by atoms with Crippen LogP contribution in [0.4, 0.5) is 0 Å². The molecular formula is C39H41Cl2N3O7S. The van der Waals surface area contributed by atoms with Crippen LogP contribution >= 0.6 is 23.2 Å². The molecule has 1 fully saturated rings. The highest BCUT2D eigenvalue weighted by Gasteiger charge is 2.49. The van der Waals surface area contributed by atoms with Crippen LogP contribution in [-0.4, -0.2) is 62.7 Å². The van der Waals surface area contributed by atoms with E-state index in [9.17, 15) is 22.8 Å². The molecule has 52 heavy (non-hydrogen) atoms. The van der Waals surface area contributed by atoms with Crippen molar-refractivity contribution in [3.8, 4) is 0 Å². The van der Waals surface area contributed by atoms with Crippen LogP contribution in [-0.2, 0) is 24.4 Å². The van der Waals surface area contributed by atoms with Crippen LogP contribution in [0.2, 0.25) is 10.0 Å². The number of hydroxylamine groups is 1. The minimum Gasteiger partial charge on any atom is -0.457 e. The van der Waals surface area contributed by atoms with E-state index in [1.165, 1.54) is 0 Å². The van der Waals surface area contributed by atoms with Gasteiger partial charge < -0.3 is 9.64 Å². The summed E-state index contributed by atoms with van der Waals surface area (Å²) in [5, 5.41) is 0.640. The average molecular weight is 767 g/mol. The van der Waals surface area contributed by atoms with Crippen molar-refractivity contribution in [2.24, 2.45) is 0 Å². The molecule has 3 aromatic rings. The molecule has 0 unspecified atom stereocenters. The van der Waals surface area contributed by atoms with E-state index in [4.69, 9.17) is 32.8 Å². The van der Waals surface area contributed by atoms with Crippen LogP contribution < -0.4 is 10.2 Å². The van der Waals surface area contributed by atoms with Crippen LogP contribution in [0.3, 0.4) is 0 Å². The fraction of sp³-hybridized carbons (Fsp3) is 0.308. The second-order valence-corrected chi connectivity index (χ2v) is 15.5. The summed E-state index contributed by atoms with van der Waals surface area (Å²) in [5.41, 5.74) is 5.74. The molecule has 0 bridgehead atoms. The van der Waals surface area contributed by atoms with Crippen LogP contribution in [0.25, 0.3) is 0 Å².